The predicted octanol–water partition coefficient (Wildman–Crippen LogP) is 3.81. The van der Waals surface area contributed by atoms with Crippen LogP contribution in [0.4, 0.5) is 27.6 Å². The van der Waals surface area contributed by atoms with Crippen molar-refractivity contribution in [2.45, 2.75) is 12.6 Å². The number of benzene rings is 1. The number of nitrogens with one attached hydrogen (secondary N) is 1. The SMILES string of the molecule is Cn1cc(C(=O)Nc2cnn(-c3ccccc3)c2C(F)F)c(C(F)(F)F)n1. The van der Waals surface area contributed by atoms with Crippen molar-refractivity contribution in [1.82, 2.24) is 19.6 Å². The van der Waals surface area contributed by atoms with Crippen molar-refractivity contribution in [1.29, 1.82) is 0 Å². The third-order valence-electron chi connectivity index (χ3n) is 3.60. The maximum Gasteiger partial charge on any atom is 0.435 e. The number of hydrogen-bond acceptors (Lipinski definition) is 3. The Hall–Kier alpha value is -3.24. The lowest BCUT2D eigenvalue weighted by atomic mass is 10.2. The molecule has 0 unspecified atom stereocenters. The first-order chi connectivity index (χ1) is 12.7. The van der Waals surface area contributed by atoms with Gasteiger partial charge < -0.3 is 5.32 Å². The van der Waals surface area contributed by atoms with E-state index >= 15 is 0 Å². The number of aromatic nitrogens is 4. The van der Waals surface area contributed by atoms with Crippen molar-refractivity contribution >= 4 is 11.6 Å². The van der Waals surface area contributed by atoms with Crippen molar-refractivity contribution in [3.05, 3.63) is 59.7 Å². The van der Waals surface area contributed by atoms with E-state index in [0.29, 0.717) is 5.69 Å². The summed E-state index contributed by atoms with van der Waals surface area (Å²) in [4.78, 5) is 12.3. The minimum absolute atomic E-state index is 0.311. The number of aryl methyl sites for hydroxylation is 1. The van der Waals surface area contributed by atoms with Gasteiger partial charge >= 0.3 is 6.18 Å². The third kappa shape index (κ3) is 3.66. The summed E-state index contributed by atoms with van der Waals surface area (Å²) in [5, 5.41) is 9.09. The molecular formula is C16H12F5N5O. The van der Waals surface area contributed by atoms with Crippen molar-refractivity contribution in [2.24, 2.45) is 7.05 Å². The molecule has 0 aliphatic rings. The van der Waals surface area contributed by atoms with Crippen LogP contribution >= 0.6 is 0 Å². The van der Waals surface area contributed by atoms with Gasteiger partial charge in [0.2, 0.25) is 0 Å². The molecule has 0 fully saturated rings. The second kappa shape index (κ2) is 6.82. The van der Waals surface area contributed by atoms with Crippen molar-refractivity contribution in [3.8, 4) is 5.69 Å². The van der Waals surface area contributed by atoms with Gasteiger partial charge in [-0.05, 0) is 12.1 Å². The molecule has 1 aromatic carbocycles. The Bertz CT molecular complexity index is 961. The van der Waals surface area contributed by atoms with Gasteiger partial charge in [0.15, 0.2) is 5.69 Å². The van der Waals surface area contributed by atoms with Gasteiger partial charge in [-0.2, -0.15) is 23.4 Å². The van der Waals surface area contributed by atoms with Crippen LogP contribution in [0.2, 0.25) is 0 Å². The second-order valence-corrected chi connectivity index (χ2v) is 5.51. The molecule has 142 valence electrons. The van der Waals surface area contributed by atoms with E-state index in [4.69, 9.17) is 0 Å². The molecule has 0 saturated heterocycles. The van der Waals surface area contributed by atoms with Crippen LogP contribution in [0.3, 0.4) is 0 Å². The largest absolute Gasteiger partial charge is 0.435 e. The van der Waals surface area contributed by atoms with Crippen LogP contribution in [0.15, 0.2) is 42.7 Å². The molecule has 3 aromatic rings. The lowest BCUT2D eigenvalue weighted by molar-refractivity contribution is -0.141. The minimum Gasteiger partial charge on any atom is -0.319 e. The zero-order chi connectivity index (χ0) is 19.8. The Kier molecular flexibility index (Phi) is 4.68. The van der Waals surface area contributed by atoms with Gasteiger partial charge in [-0.25, -0.2) is 13.5 Å². The van der Waals surface area contributed by atoms with Gasteiger partial charge in [0.1, 0.15) is 5.69 Å². The fraction of sp³-hybridized carbons (Fsp3) is 0.188. The van der Waals surface area contributed by atoms with E-state index in [1.54, 1.807) is 18.2 Å². The Balaban J connectivity index is 1.98. The molecule has 0 spiro atoms. The number of carbonyl (C=O) groups is 1. The average molecular weight is 385 g/mol. The third-order valence-corrected chi connectivity index (χ3v) is 3.60. The molecule has 0 atom stereocenters. The van der Waals surface area contributed by atoms with Crippen LogP contribution in [0.5, 0.6) is 0 Å². The monoisotopic (exact) mass is 385 g/mol. The topological polar surface area (TPSA) is 64.7 Å². The van der Waals surface area contributed by atoms with E-state index in [0.717, 1.165) is 21.8 Å². The van der Waals surface area contributed by atoms with E-state index < -0.39 is 41.1 Å². The quantitative estimate of drug-likeness (QED) is 0.695. The summed E-state index contributed by atoms with van der Waals surface area (Å²) in [5.74, 6) is -1.22. The highest BCUT2D eigenvalue weighted by Crippen LogP contribution is 2.33. The van der Waals surface area contributed by atoms with Crippen LogP contribution in [0, 0.1) is 0 Å². The molecule has 0 aliphatic carbocycles. The maximum atomic E-state index is 13.5. The van der Waals surface area contributed by atoms with Crippen LogP contribution < -0.4 is 5.32 Å². The second-order valence-electron chi connectivity index (χ2n) is 5.51. The van der Waals surface area contributed by atoms with Gasteiger partial charge in [0.25, 0.3) is 12.3 Å². The van der Waals surface area contributed by atoms with Gasteiger partial charge in [-0.1, -0.05) is 18.2 Å². The molecule has 3 rings (SSSR count). The van der Waals surface area contributed by atoms with Crippen molar-refractivity contribution < 1.29 is 26.7 Å². The van der Waals surface area contributed by atoms with Gasteiger partial charge in [-0.15, -0.1) is 0 Å². The summed E-state index contributed by atoms with van der Waals surface area (Å²) in [5.41, 5.74) is -2.91. The lowest BCUT2D eigenvalue weighted by Crippen LogP contribution is -2.18. The molecular weight excluding hydrogens is 373 g/mol. The van der Waals surface area contributed by atoms with Crippen LogP contribution in [-0.2, 0) is 13.2 Å². The summed E-state index contributed by atoms with van der Waals surface area (Å²) in [7, 11) is 1.21. The molecule has 1 N–H and O–H groups in total. The molecule has 2 aromatic heterocycles. The summed E-state index contributed by atoms with van der Waals surface area (Å²) in [6, 6.07) is 7.94. The van der Waals surface area contributed by atoms with E-state index in [2.05, 4.69) is 15.5 Å². The zero-order valence-electron chi connectivity index (χ0n) is 13.7. The standard InChI is InChI=1S/C16H12F5N5O/c1-25-8-10(13(24-25)16(19,20)21)15(27)23-11-7-22-26(12(11)14(17)18)9-5-3-2-4-6-9/h2-8,14H,1H3,(H,23,27). The van der Waals surface area contributed by atoms with Crippen LogP contribution in [0.25, 0.3) is 5.69 Å². The Labute approximate surface area is 149 Å². The number of nitrogens with zero attached hydrogens (tertiary/aromatic N) is 4. The van der Waals surface area contributed by atoms with Gasteiger partial charge in [-0.3, -0.25) is 9.48 Å². The number of alkyl halides is 5. The van der Waals surface area contributed by atoms with Crippen molar-refractivity contribution in [3.63, 3.8) is 0 Å². The molecule has 2 heterocycles. The first kappa shape index (κ1) is 18.5. The number of rotatable bonds is 4. The summed E-state index contributed by atoms with van der Waals surface area (Å²) >= 11 is 0. The number of amides is 1. The van der Waals surface area contributed by atoms with E-state index in [9.17, 15) is 26.7 Å². The molecule has 0 radical (unpaired) electrons. The average Bonchev–Trinajstić information content (AvgIpc) is 3.19. The highest BCUT2D eigenvalue weighted by molar-refractivity contribution is 6.05. The van der Waals surface area contributed by atoms with Gasteiger partial charge in [0, 0.05) is 13.2 Å². The molecule has 0 aliphatic heterocycles. The first-order valence-electron chi connectivity index (χ1n) is 7.52. The molecule has 11 heteroatoms. The normalized spacial score (nSPS) is 11.8. The minimum atomic E-state index is -4.87. The molecule has 0 saturated carbocycles. The van der Waals surface area contributed by atoms with E-state index in [-0.39, 0.29) is 0 Å². The summed E-state index contributed by atoms with van der Waals surface area (Å²) < 4.78 is 67.8. The molecule has 0 bridgehead atoms. The van der Waals surface area contributed by atoms with Crippen LogP contribution in [-0.4, -0.2) is 25.5 Å². The fourth-order valence-electron chi connectivity index (χ4n) is 2.49. The van der Waals surface area contributed by atoms with E-state index in [1.807, 2.05) is 0 Å². The molecule has 1 amide bonds. The number of carbonyl (C=O) groups excluding carboxylic acids is 1. The Morgan fingerprint density at radius 1 is 1.19 bits per heavy atom. The molecule has 27 heavy (non-hydrogen) atoms. The maximum absolute atomic E-state index is 13.5. The first-order valence-corrected chi connectivity index (χ1v) is 7.52. The van der Waals surface area contributed by atoms with Gasteiger partial charge in [0.05, 0.1) is 23.1 Å². The Morgan fingerprint density at radius 3 is 2.44 bits per heavy atom. The molecule has 6 nitrogen and oxygen atoms in total. The number of hydrogen-bond donors (Lipinski definition) is 1. The predicted molar refractivity (Wildman–Crippen MR) is 84.7 cm³/mol. The van der Waals surface area contributed by atoms with Crippen molar-refractivity contribution in [2.75, 3.05) is 5.32 Å². The van der Waals surface area contributed by atoms with Crippen LogP contribution in [0.1, 0.15) is 28.2 Å². The highest BCUT2D eigenvalue weighted by Gasteiger charge is 2.39. The Morgan fingerprint density at radius 2 is 1.85 bits per heavy atom. The number of anilines is 1. The number of para-hydroxylation sites is 1. The fourth-order valence-corrected chi connectivity index (χ4v) is 2.49. The summed E-state index contributed by atoms with van der Waals surface area (Å²) in [6.45, 7) is 0. The summed E-state index contributed by atoms with van der Waals surface area (Å²) in [6.07, 6.45) is -6.08. The zero-order valence-corrected chi connectivity index (χ0v) is 13.7. The number of halogens is 5. The van der Waals surface area contributed by atoms with E-state index in [1.165, 1.54) is 19.2 Å². The lowest BCUT2D eigenvalue weighted by Gasteiger charge is -2.10. The smallest absolute Gasteiger partial charge is 0.319 e. The highest BCUT2D eigenvalue weighted by atomic mass is 19.4.